The van der Waals surface area contributed by atoms with E-state index in [0.29, 0.717) is 19.1 Å². The number of carbonyl (C=O) groups excluding carboxylic acids is 1. The van der Waals surface area contributed by atoms with Crippen LogP contribution in [0.1, 0.15) is 51.9 Å². The number of ether oxygens (including phenoxy) is 1. The van der Waals surface area contributed by atoms with Crippen molar-refractivity contribution in [2.24, 2.45) is 0 Å². The van der Waals surface area contributed by atoms with Crippen molar-refractivity contribution in [2.45, 2.75) is 63.5 Å². The van der Waals surface area contributed by atoms with Crippen LogP contribution < -0.4 is 10.6 Å². The van der Waals surface area contributed by atoms with E-state index in [4.69, 9.17) is 4.74 Å². The molecule has 2 aliphatic heterocycles. The van der Waals surface area contributed by atoms with E-state index in [-0.39, 0.29) is 11.4 Å². The molecule has 2 rings (SSSR count). The van der Waals surface area contributed by atoms with Gasteiger partial charge < -0.3 is 15.4 Å². The molecule has 2 N–H and O–H groups in total. The quantitative estimate of drug-likeness (QED) is 0.801. The fourth-order valence-corrected chi connectivity index (χ4v) is 2.91. The summed E-state index contributed by atoms with van der Waals surface area (Å²) in [4.78, 5) is 12.0. The molecule has 2 heterocycles. The maximum Gasteiger partial charge on any atom is 0.220 e. The maximum atomic E-state index is 12.0. The van der Waals surface area contributed by atoms with E-state index in [9.17, 15) is 4.79 Å². The first kappa shape index (κ1) is 13.8. The van der Waals surface area contributed by atoms with Gasteiger partial charge in [0.15, 0.2) is 0 Å². The van der Waals surface area contributed by atoms with Crippen LogP contribution >= 0.6 is 0 Å². The predicted octanol–water partition coefficient (Wildman–Crippen LogP) is 1.59. The summed E-state index contributed by atoms with van der Waals surface area (Å²) in [5.74, 6) is 0.176. The molecule has 0 aliphatic carbocycles. The molecule has 0 spiro atoms. The third-order valence-electron chi connectivity index (χ3n) is 4.01. The third kappa shape index (κ3) is 4.25. The molecule has 104 valence electrons. The van der Waals surface area contributed by atoms with Crippen LogP contribution in [-0.2, 0) is 9.53 Å². The number of carbonyl (C=O) groups is 1. The van der Waals surface area contributed by atoms with E-state index in [2.05, 4.69) is 17.6 Å². The molecule has 2 aliphatic rings. The van der Waals surface area contributed by atoms with Crippen LogP contribution in [0.4, 0.5) is 0 Å². The Labute approximate surface area is 110 Å². The van der Waals surface area contributed by atoms with E-state index < -0.39 is 0 Å². The van der Waals surface area contributed by atoms with Crippen LogP contribution in [0.25, 0.3) is 0 Å². The molecule has 0 bridgehead atoms. The highest BCUT2D eigenvalue weighted by Crippen LogP contribution is 2.19. The fraction of sp³-hybridized carbons (Fsp3) is 0.929. The highest BCUT2D eigenvalue weighted by Gasteiger charge is 2.29. The van der Waals surface area contributed by atoms with Crippen molar-refractivity contribution in [1.29, 1.82) is 0 Å². The van der Waals surface area contributed by atoms with Gasteiger partial charge in [-0.2, -0.15) is 0 Å². The molecule has 4 nitrogen and oxygen atoms in total. The molecule has 0 aromatic rings. The summed E-state index contributed by atoms with van der Waals surface area (Å²) in [6.45, 7) is 4.68. The normalized spacial score (nSPS) is 33.1. The van der Waals surface area contributed by atoms with Crippen molar-refractivity contribution in [2.75, 3.05) is 19.8 Å². The van der Waals surface area contributed by atoms with Gasteiger partial charge >= 0.3 is 0 Å². The Morgan fingerprint density at radius 3 is 3.00 bits per heavy atom. The average Bonchev–Trinajstić information content (AvgIpc) is 2.38. The maximum absolute atomic E-state index is 12.0. The Balaban J connectivity index is 1.67. The lowest BCUT2D eigenvalue weighted by atomic mass is 9.94. The van der Waals surface area contributed by atoms with Crippen LogP contribution in [-0.4, -0.2) is 37.2 Å². The number of hydrogen-bond donors (Lipinski definition) is 2. The van der Waals surface area contributed by atoms with Crippen molar-refractivity contribution in [3.05, 3.63) is 0 Å². The van der Waals surface area contributed by atoms with E-state index >= 15 is 0 Å². The van der Waals surface area contributed by atoms with E-state index in [1.165, 1.54) is 19.3 Å². The van der Waals surface area contributed by atoms with Gasteiger partial charge in [0, 0.05) is 19.1 Å². The van der Waals surface area contributed by atoms with Gasteiger partial charge in [-0.3, -0.25) is 4.79 Å². The monoisotopic (exact) mass is 254 g/mol. The first-order chi connectivity index (χ1) is 8.68. The largest absolute Gasteiger partial charge is 0.379 e. The molecule has 0 radical (unpaired) electrons. The van der Waals surface area contributed by atoms with Crippen molar-refractivity contribution in [1.82, 2.24) is 10.6 Å². The Kier molecular flexibility index (Phi) is 5.01. The summed E-state index contributed by atoms with van der Waals surface area (Å²) in [6, 6.07) is 0.542. The van der Waals surface area contributed by atoms with Gasteiger partial charge in [-0.1, -0.05) is 6.42 Å². The minimum atomic E-state index is -0.144. The predicted molar refractivity (Wildman–Crippen MR) is 71.5 cm³/mol. The van der Waals surface area contributed by atoms with Crippen molar-refractivity contribution < 1.29 is 9.53 Å². The number of nitrogens with one attached hydrogen (secondary N) is 2. The molecule has 0 aromatic carbocycles. The van der Waals surface area contributed by atoms with E-state index in [0.717, 1.165) is 32.4 Å². The zero-order chi connectivity index (χ0) is 12.8. The van der Waals surface area contributed by atoms with E-state index in [1.54, 1.807) is 0 Å². The summed E-state index contributed by atoms with van der Waals surface area (Å²) < 4.78 is 5.45. The molecule has 2 unspecified atom stereocenters. The Hall–Kier alpha value is -0.610. The van der Waals surface area contributed by atoms with E-state index in [1.807, 2.05) is 0 Å². The first-order valence-corrected chi connectivity index (χ1v) is 7.30. The van der Waals surface area contributed by atoms with Gasteiger partial charge in [0.25, 0.3) is 0 Å². The summed E-state index contributed by atoms with van der Waals surface area (Å²) in [5, 5.41) is 6.63. The molecule has 2 saturated heterocycles. The van der Waals surface area contributed by atoms with Crippen LogP contribution in [0.5, 0.6) is 0 Å². The number of amides is 1. The molecule has 0 aromatic heterocycles. The summed E-state index contributed by atoms with van der Waals surface area (Å²) in [6.07, 6.45) is 7.45. The van der Waals surface area contributed by atoms with Crippen molar-refractivity contribution in [3.63, 3.8) is 0 Å². The van der Waals surface area contributed by atoms with Crippen LogP contribution in [0, 0.1) is 0 Å². The Bertz CT molecular complexity index is 269. The molecule has 2 atom stereocenters. The highest BCUT2D eigenvalue weighted by molar-refractivity contribution is 5.76. The highest BCUT2D eigenvalue weighted by atomic mass is 16.5. The lowest BCUT2D eigenvalue weighted by molar-refractivity contribution is -0.124. The van der Waals surface area contributed by atoms with Crippen LogP contribution in [0.15, 0.2) is 0 Å². The van der Waals surface area contributed by atoms with Gasteiger partial charge in [0.05, 0.1) is 12.1 Å². The number of piperidine rings is 1. The molecule has 4 heteroatoms. The number of rotatable bonds is 4. The minimum absolute atomic E-state index is 0.144. The SMILES string of the molecule is CC1(NC(=O)CCC2CCCCN2)CCCOC1. The second kappa shape index (κ2) is 6.53. The Morgan fingerprint density at radius 2 is 2.33 bits per heavy atom. The standard InChI is InChI=1S/C14H26N2O2/c1-14(8-4-10-18-11-14)16-13(17)7-6-12-5-2-3-9-15-12/h12,15H,2-11H2,1H3,(H,16,17). The van der Waals surface area contributed by atoms with Crippen LogP contribution in [0.2, 0.25) is 0 Å². The molecule has 1 amide bonds. The lowest BCUT2D eigenvalue weighted by Gasteiger charge is -2.34. The average molecular weight is 254 g/mol. The van der Waals surface area contributed by atoms with Crippen molar-refractivity contribution in [3.8, 4) is 0 Å². The zero-order valence-electron chi connectivity index (χ0n) is 11.5. The number of hydrogen-bond acceptors (Lipinski definition) is 3. The Morgan fingerprint density at radius 1 is 1.44 bits per heavy atom. The first-order valence-electron chi connectivity index (χ1n) is 7.30. The lowest BCUT2D eigenvalue weighted by Crippen LogP contribution is -2.51. The third-order valence-corrected chi connectivity index (χ3v) is 4.01. The van der Waals surface area contributed by atoms with Gasteiger partial charge in [-0.25, -0.2) is 0 Å². The summed E-state index contributed by atoms with van der Waals surface area (Å²) in [7, 11) is 0. The fourth-order valence-electron chi connectivity index (χ4n) is 2.91. The summed E-state index contributed by atoms with van der Waals surface area (Å²) >= 11 is 0. The topological polar surface area (TPSA) is 50.4 Å². The molecule has 18 heavy (non-hydrogen) atoms. The molecule has 2 fully saturated rings. The summed E-state index contributed by atoms with van der Waals surface area (Å²) in [5.41, 5.74) is -0.144. The van der Waals surface area contributed by atoms with Gasteiger partial charge in [-0.05, 0) is 45.6 Å². The molecular weight excluding hydrogens is 228 g/mol. The van der Waals surface area contributed by atoms with Gasteiger partial charge in [0.1, 0.15) is 0 Å². The van der Waals surface area contributed by atoms with Gasteiger partial charge in [0.2, 0.25) is 5.91 Å². The minimum Gasteiger partial charge on any atom is -0.379 e. The molecule has 0 saturated carbocycles. The smallest absolute Gasteiger partial charge is 0.220 e. The van der Waals surface area contributed by atoms with Crippen LogP contribution in [0.3, 0.4) is 0 Å². The van der Waals surface area contributed by atoms with Crippen molar-refractivity contribution >= 4 is 5.91 Å². The zero-order valence-corrected chi connectivity index (χ0v) is 11.5. The van der Waals surface area contributed by atoms with Gasteiger partial charge in [-0.15, -0.1) is 0 Å². The second-order valence-electron chi connectivity index (χ2n) is 5.95. The molecular formula is C14H26N2O2. The second-order valence-corrected chi connectivity index (χ2v) is 5.95.